The smallest absolute Gasteiger partial charge is 0.167 e. The van der Waals surface area contributed by atoms with Gasteiger partial charge in [-0.15, -0.1) is 0 Å². The Balaban J connectivity index is 2.09. The molecule has 7 nitrogen and oxygen atoms in total. The highest BCUT2D eigenvalue weighted by molar-refractivity contribution is 5.81. The molecule has 102 valence electrons. The summed E-state index contributed by atoms with van der Waals surface area (Å²) in [5, 5.41) is 9.17. The highest BCUT2D eigenvalue weighted by Gasteiger charge is 2.29. The minimum atomic E-state index is -0.133. The van der Waals surface area contributed by atoms with Gasteiger partial charge in [-0.1, -0.05) is 6.92 Å². The molecular weight excluding hydrogens is 246 g/mol. The van der Waals surface area contributed by atoms with Gasteiger partial charge in [-0.2, -0.15) is 0 Å². The molecule has 19 heavy (non-hydrogen) atoms. The van der Waals surface area contributed by atoms with Crippen LogP contribution in [-0.4, -0.2) is 37.3 Å². The Morgan fingerprint density at radius 3 is 3.00 bits per heavy atom. The van der Waals surface area contributed by atoms with E-state index >= 15 is 0 Å². The second-order valence-corrected chi connectivity index (χ2v) is 4.66. The summed E-state index contributed by atoms with van der Waals surface area (Å²) in [5.41, 5.74) is 7.16. The third-order valence-electron chi connectivity index (χ3n) is 3.47. The summed E-state index contributed by atoms with van der Waals surface area (Å²) in [6, 6.07) is 0. The van der Waals surface area contributed by atoms with Crippen molar-refractivity contribution < 1.29 is 9.84 Å². The standard InChI is InChI=1S/C12H17N5O2/c1-2-8-16-10-11(13)14-6-15-12(10)17(8)9-4-3-7(5-18)19-9/h6-7,9,18H,2-5H2,1H3,(H2,13,14,15)/t7-,9+/m0/s1. The van der Waals surface area contributed by atoms with Crippen molar-refractivity contribution in [3.63, 3.8) is 0 Å². The van der Waals surface area contributed by atoms with Gasteiger partial charge >= 0.3 is 0 Å². The molecule has 1 aliphatic heterocycles. The number of fused-ring (bicyclic) bond motifs is 1. The van der Waals surface area contributed by atoms with Gasteiger partial charge in [0.2, 0.25) is 0 Å². The number of nitrogens with two attached hydrogens (primary N) is 1. The average molecular weight is 263 g/mol. The first-order chi connectivity index (χ1) is 9.24. The van der Waals surface area contributed by atoms with Crippen LogP contribution in [0.2, 0.25) is 0 Å². The first-order valence-corrected chi connectivity index (χ1v) is 6.48. The van der Waals surface area contributed by atoms with E-state index in [0.717, 1.165) is 25.1 Å². The van der Waals surface area contributed by atoms with Crippen LogP contribution in [0, 0.1) is 0 Å². The number of hydrogen-bond acceptors (Lipinski definition) is 6. The van der Waals surface area contributed by atoms with Gasteiger partial charge in [0.15, 0.2) is 17.0 Å². The third-order valence-corrected chi connectivity index (χ3v) is 3.47. The van der Waals surface area contributed by atoms with E-state index < -0.39 is 0 Å². The Hall–Kier alpha value is -1.73. The SMILES string of the molecule is CCc1nc2c(N)ncnc2n1[C@H]1CC[C@@H](CO)O1. The highest BCUT2D eigenvalue weighted by atomic mass is 16.5. The maximum absolute atomic E-state index is 9.17. The molecule has 0 aliphatic carbocycles. The van der Waals surface area contributed by atoms with Gasteiger partial charge in [0.05, 0.1) is 12.7 Å². The van der Waals surface area contributed by atoms with Crippen molar-refractivity contribution in [2.45, 2.75) is 38.5 Å². The molecule has 2 aromatic heterocycles. The van der Waals surface area contributed by atoms with Crippen LogP contribution in [0.25, 0.3) is 11.2 Å². The number of aromatic nitrogens is 4. The van der Waals surface area contributed by atoms with Crippen LogP contribution in [0.15, 0.2) is 6.33 Å². The molecule has 3 rings (SSSR count). The molecule has 7 heteroatoms. The van der Waals surface area contributed by atoms with E-state index in [1.807, 2.05) is 11.5 Å². The molecule has 3 heterocycles. The molecule has 0 amide bonds. The fraction of sp³-hybridized carbons (Fsp3) is 0.583. The van der Waals surface area contributed by atoms with Gasteiger partial charge < -0.3 is 15.6 Å². The predicted octanol–water partition coefficient (Wildman–Crippen LogP) is 0.641. The molecule has 1 fully saturated rings. The maximum Gasteiger partial charge on any atom is 0.167 e. The van der Waals surface area contributed by atoms with Gasteiger partial charge in [0.1, 0.15) is 18.4 Å². The van der Waals surface area contributed by atoms with Crippen LogP contribution in [0.1, 0.15) is 31.8 Å². The van der Waals surface area contributed by atoms with Gasteiger partial charge in [0.25, 0.3) is 0 Å². The van der Waals surface area contributed by atoms with E-state index in [1.54, 1.807) is 0 Å². The number of anilines is 1. The molecule has 0 aromatic carbocycles. The van der Waals surface area contributed by atoms with Gasteiger partial charge in [0, 0.05) is 6.42 Å². The minimum absolute atomic E-state index is 0.0434. The lowest BCUT2D eigenvalue weighted by molar-refractivity contribution is -0.0218. The summed E-state index contributed by atoms with van der Waals surface area (Å²) in [6.07, 6.45) is 3.64. The number of nitrogen functional groups attached to an aromatic ring is 1. The average Bonchev–Trinajstić information content (AvgIpc) is 3.02. The number of imidazole rings is 1. The Bertz CT molecular complexity index is 597. The highest BCUT2D eigenvalue weighted by Crippen LogP contribution is 2.32. The Labute approximate surface area is 110 Å². The predicted molar refractivity (Wildman–Crippen MR) is 69.3 cm³/mol. The maximum atomic E-state index is 9.17. The zero-order chi connectivity index (χ0) is 13.4. The third kappa shape index (κ3) is 1.95. The number of ether oxygens (including phenoxy) is 1. The summed E-state index contributed by atoms with van der Waals surface area (Å²) in [4.78, 5) is 12.7. The quantitative estimate of drug-likeness (QED) is 0.843. The minimum Gasteiger partial charge on any atom is -0.394 e. The normalized spacial score (nSPS) is 23.3. The number of aliphatic hydroxyl groups is 1. The van der Waals surface area contributed by atoms with Crippen molar-refractivity contribution >= 4 is 17.0 Å². The second-order valence-electron chi connectivity index (χ2n) is 4.66. The lowest BCUT2D eigenvalue weighted by Gasteiger charge is -2.16. The first kappa shape index (κ1) is 12.3. The van der Waals surface area contributed by atoms with Crippen LogP contribution >= 0.6 is 0 Å². The summed E-state index contributed by atoms with van der Waals surface area (Å²) < 4.78 is 7.79. The second kappa shape index (κ2) is 4.75. The molecule has 0 bridgehead atoms. The molecule has 2 atom stereocenters. The zero-order valence-electron chi connectivity index (χ0n) is 10.8. The number of nitrogens with zero attached hydrogens (tertiary/aromatic N) is 4. The van der Waals surface area contributed by atoms with Crippen LogP contribution in [0.4, 0.5) is 5.82 Å². The van der Waals surface area contributed by atoms with Crippen molar-refractivity contribution in [3.8, 4) is 0 Å². The van der Waals surface area contributed by atoms with Gasteiger partial charge in [-0.25, -0.2) is 15.0 Å². The summed E-state index contributed by atoms with van der Waals surface area (Å²) in [7, 11) is 0. The number of rotatable bonds is 3. The van der Waals surface area contributed by atoms with Crippen molar-refractivity contribution in [1.82, 2.24) is 19.5 Å². The fourth-order valence-electron chi connectivity index (χ4n) is 2.53. The first-order valence-electron chi connectivity index (χ1n) is 6.48. The van der Waals surface area contributed by atoms with E-state index in [1.165, 1.54) is 6.33 Å². The van der Waals surface area contributed by atoms with Crippen LogP contribution in [0.3, 0.4) is 0 Å². The van der Waals surface area contributed by atoms with E-state index in [-0.39, 0.29) is 18.9 Å². The summed E-state index contributed by atoms with van der Waals surface area (Å²) >= 11 is 0. The van der Waals surface area contributed by atoms with E-state index in [4.69, 9.17) is 15.6 Å². The number of aryl methyl sites for hydroxylation is 1. The molecule has 1 saturated heterocycles. The summed E-state index contributed by atoms with van der Waals surface area (Å²) in [5.74, 6) is 1.26. The van der Waals surface area contributed by atoms with E-state index in [2.05, 4.69) is 15.0 Å². The van der Waals surface area contributed by atoms with Gasteiger partial charge in [-0.05, 0) is 12.8 Å². The lowest BCUT2D eigenvalue weighted by Crippen LogP contribution is -2.16. The Kier molecular flexibility index (Phi) is 3.08. The lowest BCUT2D eigenvalue weighted by atomic mass is 10.2. The van der Waals surface area contributed by atoms with Crippen LogP contribution < -0.4 is 5.73 Å². The van der Waals surface area contributed by atoms with Crippen molar-refractivity contribution in [1.29, 1.82) is 0 Å². The topological polar surface area (TPSA) is 99.1 Å². The van der Waals surface area contributed by atoms with E-state index in [9.17, 15) is 0 Å². The Morgan fingerprint density at radius 2 is 2.32 bits per heavy atom. The van der Waals surface area contributed by atoms with E-state index in [0.29, 0.717) is 17.0 Å². The van der Waals surface area contributed by atoms with Gasteiger partial charge in [-0.3, -0.25) is 4.57 Å². The molecule has 0 unspecified atom stereocenters. The Morgan fingerprint density at radius 1 is 1.47 bits per heavy atom. The molecule has 1 aliphatic rings. The van der Waals surface area contributed by atoms with Crippen LogP contribution in [0.5, 0.6) is 0 Å². The molecule has 2 aromatic rings. The molecular formula is C12H17N5O2. The van der Waals surface area contributed by atoms with Crippen molar-refractivity contribution in [3.05, 3.63) is 12.2 Å². The molecule has 3 N–H and O–H groups in total. The van der Waals surface area contributed by atoms with Crippen LogP contribution in [-0.2, 0) is 11.2 Å². The van der Waals surface area contributed by atoms with Crippen molar-refractivity contribution in [2.75, 3.05) is 12.3 Å². The fourth-order valence-corrected chi connectivity index (χ4v) is 2.53. The summed E-state index contributed by atoms with van der Waals surface area (Å²) in [6.45, 7) is 2.07. The van der Waals surface area contributed by atoms with Crippen molar-refractivity contribution in [2.24, 2.45) is 0 Å². The molecule has 0 spiro atoms. The molecule has 0 saturated carbocycles. The number of aliphatic hydroxyl groups excluding tert-OH is 1. The largest absolute Gasteiger partial charge is 0.394 e. The zero-order valence-corrected chi connectivity index (χ0v) is 10.8. The monoisotopic (exact) mass is 263 g/mol. The number of hydrogen-bond donors (Lipinski definition) is 2. The molecule has 0 radical (unpaired) electrons.